The molecule has 0 aliphatic carbocycles. The van der Waals surface area contributed by atoms with Crippen LogP contribution < -0.4 is 5.32 Å². The highest BCUT2D eigenvalue weighted by Crippen LogP contribution is 2.11. The largest absolute Gasteiger partial charge is 0.347 e. The second kappa shape index (κ2) is 3.48. The van der Waals surface area contributed by atoms with Gasteiger partial charge in [0.05, 0.1) is 11.6 Å². The third kappa shape index (κ3) is 2.00. The van der Waals surface area contributed by atoms with Crippen LogP contribution in [0.5, 0.6) is 0 Å². The molecule has 2 heterocycles. The molecule has 0 saturated heterocycles. The topological polar surface area (TPSA) is 79.4 Å². The Kier molecular flexibility index (Phi) is 2.17. The summed E-state index contributed by atoms with van der Waals surface area (Å²) < 4.78 is 0. The van der Waals surface area contributed by atoms with Gasteiger partial charge < -0.3 is 5.32 Å². The maximum atomic E-state index is 4.13. The van der Waals surface area contributed by atoms with Gasteiger partial charge in [-0.15, -0.1) is 16.4 Å². The van der Waals surface area contributed by atoms with Crippen molar-refractivity contribution in [2.45, 2.75) is 13.5 Å². The number of anilines is 1. The highest BCUT2D eigenvalue weighted by Gasteiger charge is 1.99. The minimum Gasteiger partial charge on any atom is -0.347 e. The van der Waals surface area contributed by atoms with Gasteiger partial charge in [-0.3, -0.25) is 0 Å². The maximum Gasteiger partial charge on any atom is 0.263 e. The Morgan fingerprint density at radius 1 is 1.62 bits per heavy atom. The van der Waals surface area contributed by atoms with Crippen molar-refractivity contribution in [2.75, 3.05) is 5.32 Å². The highest BCUT2D eigenvalue weighted by atomic mass is 32.1. The van der Waals surface area contributed by atoms with E-state index in [0.29, 0.717) is 12.5 Å². The van der Waals surface area contributed by atoms with Crippen molar-refractivity contribution in [1.29, 1.82) is 0 Å². The van der Waals surface area contributed by atoms with Crippen LogP contribution in [-0.4, -0.2) is 25.6 Å². The molecule has 2 aromatic rings. The first-order valence-corrected chi connectivity index (χ1v) is 4.55. The van der Waals surface area contributed by atoms with Crippen molar-refractivity contribution < 1.29 is 0 Å². The summed E-state index contributed by atoms with van der Waals surface area (Å²) in [7, 11) is 0. The summed E-state index contributed by atoms with van der Waals surface area (Å²) in [5, 5.41) is 17.4. The van der Waals surface area contributed by atoms with E-state index in [1.165, 1.54) is 0 Å². The lowest BCUT2D eigenvalue weighted by Crippen LogP contribution is -1.98. The fourth-order valence-corrected chi connectivity index (χ4v) is 1.62. The molecule has 0 atom stereocenters. The summed E-state index contributed by atoms with van der Waals surface area (Å²) in [5.41, 5.74) is 0. The number of thiazole rings is 1. The van der Waals surface area contributed by atoms with Crippen LogP contribution in [0.3, 0.4) is 0 Å². The lowest BCUT2D eigenvalue weighted by atomic mass is 10.5. The van der Waals surface area contributed by atoms with Gasteiger partial charge in [-0.2, -0.15) is 5.21 Å². The van der Waals surface area contributed by atoms with Crippen LogP contribution in [0.4, 0.5) is 5.95 Å². The molecule has 0 aliphatic rings. The number of nitrogens with one attached hydrogen (secondary N) is 2. The number of H-pyrrole nitrogens is 1. The van der Waals surface area contributed by atoms with E-state index in [0.717, 1.165) is 9.88 Å². The number of aromatic amines is 1. The molecule has 2 aromatic heterocycles. The summed E-state index contributed by atoms with van der Waals surface area (Å²) in [6.45, 7) is 2.66. The first-order valence-electron chi connectivity index (χ1n) is 3.73. The quantitative estimate of drug-likeness (QED) is 0.750. The third-order valence-corrected chi connectivity index (χ3v) is 2.35. The first-order chi connectivity index (χ1) is 6.34. The Morgan fingerprint density at radius 3 is 3.15 bits per heavy atom. The Morgan fingerprint density at radius 2 is 2.54 bits per heavy atom. The lowest BCUT2D eigenvalue weighted by Gasteiger charge is -1.95. The molecule has 0 spiro atoms. The van der Waals surface area contributed by atoms with Gasteiger partial charge in [0.2, 0.25) is 0 Å². The van der Waals surface area contributed by atoms with E-state index >= 15 is 0 Å². The monoisotopic (exact) mass is 196 g/mol. The zero-order chi connectivity index (χ0) is 9.10. The molecule has 2 rings (SSSR count). The molecule has 0 bridgehead atoms. The number of rotatable bonds is 3. The predicted octanol–water partition coefficient (Wildman–Crippen LogP) is 0.577. The number of aromatic nitrogens is 5. The normalized spacial score (nSPS) is 10.2. The van der Waals surface area contributed by atoms with Crippen molar-refractivity contribution in [1.82, 2.24) is 25.6 Å². The van der Waals surface area contributed by atoms with E-state index in [-0.39, 0.29) is 0 Å². The van der Waals surface area contributed by atoms with E-state index in [1.807, 2.05) is 13.1 Å². The standard InChI is InChI=1S/C6H8N6S/c1-4-7-2-5(13-4)3-8-6-9-11-12-10-6/h2H,3H2,1H3,(H2,8,9,10,11,12). The molecule has 68 valence electrons. The molecule has 2 N–H and O–H groups in total. The number of aryl methyl sites for hydroxylation is 1. The molecular weight excluding hydrogens is 188 g/mol. The molecule has 0 saturated carbocycles. The van der Waals surface area contributed by atoms with E-state index in [2.05, 4.69) is 30.9 Å². The number of tetrazole rings is 1. The highest BCUT2D eigenvalue weighted by molar-refractivity contribution is 7.11. The van der Waals surface area contributed by atoms with Crippen LogP contribution >= 0.6 is 11.3 Å². The Hall–Kier alpha value is -1.50. The third-order valence-electron chi connectivity index (χ3n) is 1.44. The van der Waals surface area contributed by atoms with Crippen molar-refractivity contribution in [3.05, 3.63) is 16.1 Å². The SMILES string of the molecule is Cc1ncc(CNc2nn[nH]n2)s1. The summed E-state index contributed by atoms with van der Waals surface area (Å²) >= 11 is 1.65. The van der Waals surface area contributed by atoms with Gasteiger partial charge in [-0.1, -0.05) is 5.10 Å². The molecule has 0 radical (unpaired) electrons. The van der Waals surface area contributed by atoms with Gasteiger partial charge in [0, 0.05) is 11.1 Å². The Labute approximate surface area is 78.4 Å². The van der Waals surface area contributed by atoms with Gasteiger partial charge >= 0.3 is 0 Å². The molecule has 6 nitrogen and oxygen atoms in total. The molecule has 0 amide bonds. The number of hydrogen-bond donors (Lipinski definition) is 2. The van der Waals surface area contributed by atoms with Crippen LogP contribution in [-0.2, 0) is 6.54 Å². The van der Waals surface area contributed by atoms with Crippen LogP contribution in [0.1, 0.15) is 9.88 Å². The summed E-state index contributed by atoms with van der Waals surface area (Å²) in [6, 6.07) is 0. The van der Waals surface area contributed by atoms with Gasteiger partial charge in [0.25, 0.3) is 5.95 Å². The van der Waals surface area contributed by atoms with E-state index in [9.17, 15) is 0 Å². The van der Waals surface area contributed by atoms with Crippen molar-refractivity contribution >= 4 is 17.3 Å². The fourth-order valence-electron chi connectivity index (χ4n) is 0.890. The summed E-state index contributed by atoms with van der Waals surface area (Å²) in [6.07, 6.45) is 1.84. The van der Waals surface area contributed by atoms with Crippen molar-refractivity contribution in [3.8, 4) is 0 Å². The molecule has 7 heteroatoms. The molecule has 13 heavy (non-hydrogen) atoms. The van der Waals surface area contributed by atoms with Crippen LogP contribution in [0.15, 0.2) is 6.20 Å². The van der Waals surface area contributed by atoms with E-state index in [4.69, 9.17) is 0 Å². The number of nitrogens with zero attached hydrogens (tertiary/aromatic N) is 4. The smallest absolute Gasteiger partial charge is 0.263 e. The Balaban J connectivity index is 1.93. The zero-order valence-electron chi connectivity index (χ0n) is 6.98. The van der Waals surface area contributed by atoms with Crippen LogP contribution in [0.25, 0.3) is 0 Å². The second-order valence-corrected chi connectivity index (χ2v) is 3.75. The second-order valence-electron chi connectivity index (χ2n) is 2.43. The zero-order valence-corrected chi connectivity index (χ0v) is 7.80. The lowest BCUT2D eigenvalue weighted by molar-refractivity contribution is 0.881. The Bertz CT molecular complexity index is 366. The predicted molar refractivity (Wildman–Crippen MR) is 48.4 cm³/mol. The van der Waals surface area contributed by atoms with E-state index in [1.54, 1.807) is 11.3 Å². The van der Waals surface area contributed by atoms with Crippen LogP contribution in [0.2, 0.25) is 0 Å². The van der Waals surface area contributed by atoms with Gasteiger partial charge in [0.1, 0.15) is 0 Å². The number of hydrogen-bond acceptors (Lipinski definition) is 6. The minimum absolute atomic E-state index is 0.506. The summed E-state index contributed by atoms with van der Waals surface area (Å²) in [5.74, 6) is 0.506. The molecular formula is C6H8N6S. The molecule has 0 aliphatic heterocycles. The molecule has 0 unspecified atom stereocenters. The maximum absolute atomic E-state index is 4.13. The molecule has 0 aromatic carbocycles. The van der Waals surface area contributed by atoms with Crippen LogP contribution in [0, 0.1) is 6.92 Å². The van der Waals surface area contributed by atoms with Gasteiger partial charge in [-0.05, 0) is 12.1 Å². The molecule has 0 fully saturated rings. The fraction of sp³-hybridized carbons (Fsp3) is 0.333. The summed E-state index contributed by atoms with van der Waals surface area (Å²) in [4.78, 5) is 5.29. The minimum atomic E-state index is 0.506. The van der Waals surface area contributed by atoms with Crippen molar-refractivity contribution in [3.63, 3.8) is 0 Å². The van der Waals surface area contributed by atoms with Gasteiger partial charge in [-0.25, -0.2) is 4.98 Å². The van der Waals surface area contributed by atoms with Gasteiger partial charge in [0.15, 0.2) is 0 Å². The first kappa shape index (κ1) is 8.11. The average Bonchev–Trinajstić information content (AvgIpc) is 2.71. The average molecular weight is 196 g/mol. The van der Waals surface area contributed by atoms with E-state index < -0.39 is 0 Å². The van der Waals surface area contributed by atoms with Crippen molar-refractivity contribution in [2.24, 2.45) is 0 Å².